The summed E-state index contributed by atoms with van der Waals surface area (Å²) in [6, 6.07) is 7.68. The van der Waals surface area contributed by atoms with E-state index in [1.165, 1.54) is 30.6 Å². The molecule has 156 valence electrons. The number of benzene rings is 1. The predicted molar refractivity (Wildman–Crippen MR) is 114 cm³/mol. The van der Waals surface area contributed by atoms with Crippen molar-refractivity contribution in [3.63, 3.8) is 0 Å². The lowest BCUT2D eigenvalue weighted by atomic mass is 9.86. The summed E-state index contributed by atoms with van der Waals surface area (Å²) >= 11 is 0. The molecule has 1 aromatic heterocycles. The van der Waals surface area contributed by atoms with E-state index < -0.39 is 0 Å². The largest absolute Gasteiger partial charge is 0.352 e. The van der Waals surface area contributed by atoms with Crippen molar-refractivity contribution in [1.29, 1.82) is 0 Å². The van der Waals surface area contributed by atoms with Crippen LogP contribution in [0.25, 0.3) is 10.9 Å². The Morgan fingerprint density at radius 2 is 1.90 bits per heavy atom. The molecule has 0 spiro atoms. The Labute approximate surface area is 172 Å². The number of quaternary nitrogens is 1. The quantitative estimate of drug-likeness (QED) is 0.806. The fourth-order valence-electron chi connectivity index (χ4n) is 4.89. The van der Waals surface area contributed by atoms with Gasteiger partial charge < -0.3 is 10.2 Å². The number of amides is 1. The molecule has 2 fully saturated rings. The van der Waals surface area contributed by atoms with Crippen LogP contribution in [0.4, 0.5) is 0 Å². The van der Waals surface area contributed by atoms with Crippen LogP contribution < -0.4 is 15.8 Å². The number of para-hydroxylation sites is 1. The van der Waals surface area contributed by atoms with Gasteiger partial charge in [0, 0.05) is 6.04 Å². The van der Waals surface area contributed by atoms with Crippen LogP contribution in [0, 0.1) is 5.92 Å². The molecule has 1 aliphatic carbocycles. The van der Waals surface area contributed by atoms with Crippen molar-refractivity contribution in [2.75, 3.05) is 13.1 Å². The van der Waals surface area contributed by atoms with Gasteiger partial charge in [0.2, 0.25) is 5.91 Å². The minimum Gasteiger partial charge on any atom is -0.352 e. The van der Waals surface area contributed by atoms with Gasteiger partial charge in [0.15, 0.2) is 5.82 Å². The first-order chi connectivity index (χ1) is 14.1. The van der Waals surface area contributed by atoms with Gasteiger partial charge in [-0.25, -0.2) is 4.98 Å². The molecule has 0 bridgehead atoms. The Hall–Kier alpha value is -2.21. The molecule has 2 aromatic rings. The Morgan fingerprint density at radius 3 is 2.69 bits per heavy atom. The smallest absolute Gasteiger partial charge is 0.262 e. The fraction of sp³-hybridized carbons (Fsp3) is 0.609. The van der Waals surface area contributed by atoms with Gasteiger partial charge in [0.05, 0.1) is 24.0 Å². The van der Waals surface area contributed by atoms with E-state index in [1.54, 1.807) is 10.6 Å². The highest BCUT2D eigenvalue weighted by molar-refractivity contribution is 5.79. The Morgan fingerprint density at radius 1 is 1.14 bits per heavy atom. The maximum atomic E-state index is 13.2. The first-order valence-corrected chi connectivity index (χ1v) is 11.2. The molecule has 1 amide bonds. The van der Waals surface area contributed by atoms with Crippen molar-refractivity contribution in [2.24, 2.45) is 5.92 Å². The minimum absolute atomic E-state index is 0.0580. The normalized spacial score (nSPS) is 23.2. The first-order valence-electron chi connectivity index (χ1n) is 11.2. The number of carbonyl (C=O) groups excluding carboxylic acids is 1. The molecule has 1 aliphatic heterocycles. The summed E-state index contributed by atoms with van der Waals surface area (Å²) in [6.07, 6.45) is 8.30. The lowest BCUT2D eigenvalue weighted by Gasteiger charge is -2.29. The number of piperidine rings is 1. The van der Waals surface area contributed by atoms with E-state index in [4.69, 9.17) is 4.98 Å². The molecule has 1 aromatic carbocycles. The number of nitrogens with one attached hydrogen (secondary N) is 2. The van der Waals surface area contributed by atoms with Gasteiger partial charge in [-0.15, -0.1) is 0 Å². The molecule has 4 rings (SSSR count). The zero-order valence-corrected chi connectivity index (χ0v) is 17.5. The number of hydrogen-bond donors (Lipinski definition) is 2. The van der Waals surface area contributed by atoms with Gasteiger partial charge in [-0.1, -0.05) is 31.9 Å². The van der Waals surface area contributed by atoms with E-state index in [0.717, 1.165) is 43.7 Å². The van der Waals surface area contributed by atoms with E-state index in [2.05, 4.69) is 12.2 Å². The van der Waals surface area contributed by atoms with Gasteiger partial charge in [-0.05, 0) is 50.2 Å². The zero-order chi connectivity index (χ0) is 20.2. The maximum Gasteiger partial charge on any atom is 0.262 e. The Bertz CT molecular complexity index is 917. The second kappa shape index (κ2) is 9.08. The van der Waals surface area contributed by atoms with E-state index in [-0.39, 0.29) is 24.1 Å². The third-order valence-electron chi connectivity index (χ3n) is 6.67. The predicted octanol–water partition coefficient (Wildman–Crippen LogP) is 1.66. The number of fused-ring (bicyclic) bond motifs is 1. The topological polar surface area (TPSA) is 68.4 Å². The van der Waals surface area contributed by atoms with Gasteiger partial charge >= 0.3 is 0 Å². The molecule has 1 saturated carbocycles. The third-order valence-corrected chi connectivity index (χ3v) is 6.67. The molecule has 6 nitrogen and oxygen atoms in total. The highest BCUT2D eigenvalue weighted by atomic mass is 16.2. The summed E-state index contributed by atoms with van der Waals surface area (Å²) in [4.78, 5) is 32.3. The molecule has 0 unspecified atom stereocenters. The van der Waals surface area contributed by atoms with Crippen molar-refractivity contribution in [3.05, 3.63) is 40.4 Å². The summed E-state index contributed by atoms with van der Waals surface area (Å²) < 4.78 is 1.62. The SMILES string of the molecule is C[C@H]1CCCC[C@H]1NC(=O)Cn1c(C[NH+]2CCCCC2)nc2ccccc2c1=O. The summed E-state index contributed by atoms with van der Waals surface area (Å²) in [5.74, 6) is 1.16. The molecule has 29 heavy (non-hydrogen) atoms. The molecular weight excluding hydrogens is 364 g/mol. The number of rotatable bonds is 5. The molecule has 2 atom stereocenters. The van der Waals surface area contributed by atoms with Crippen LogP contribution in [0.2, 0.25) is 0 Å². The summed E-state index contributed by atoms with van der Waals surface area (Å²) in [5, 5.41) is 3.78. The minimum atomic E-state index is -0.103. The van der Waals surface area contributed by atoms with Crippen LogP contribution in [0.5, 0.6) is 0 Å². The maximum absolute atomic E-state index is 13.2. The van der Waals surface area contributed by atoms with Crippen molar-refractivity contribution >= 4 is 16.8 Å². The number of aromatic nitrogens is 2. The zero-order valence-electron chi connectivity index (χ0n) is 17.5. The first kappa shape index (κ1) is 20.1. The van der Waals surface area contributed by atoms with Crippen LogP contribution in [0.3, 0.4) is 0 Å². The summed E-state index contributed by atoms with van der Waals surface area (Å²) in [7, 11) is 0. The molecule has 0 radical (unpaired) electrons. The number of likely N-dealkylation sites (tertiary alicyclic amines) is 1. The highest BCUT2D eigenvalue weighted by Crippen LogP contribution is 2.23. The summed E-state index contributed by atoms with van der Waals surface area (Å²) in [6.45, 7) is 5.18. The average Bonchev–Trinajstić information content (AvgIpc) is 2.73. The van der Waals surface area contributed by atoms with Crippen molar-refractivity contribution in [2.45, 2.75) is 71.0 Å². The monoisotopic (exact) mass is 397 g/mol. The van der Waals surface area contributed by atoms with Crippen LogP contribution >= 0.6 is 0 Å². The highest BCUT2D eigenvalue weighted by Gasteiger charge is 2.24. The number of hydrogen-bond acceptors (Lipinski definition) is 3. The van der Waals surface area contributed by atoms with Gasteiger partial charge in [-0.2, -0.15) is 0 Å². The van der Waals surface area contributed by atoms with Crippen LogP contribution in [0.15, 0.2) is 29.1 Å². The van der Waals surface area contributed by atoms with Crippen LogP contribution in [-0.4, -0.2) is 34.6 Å². The second-order valence-corrected chi connectivity index (χ2v) is 8.86. The lowest BCUT2D eigenvalue weighted by molar-refractivity contribution is -0.919. The van der Waals surface area contributed by atoms with Crippen LogP contribution in [-0.2, 0) is 17.9 Å². The van der Waals surface area contributed by atoms with E-state index >= 15 is 0 Å². The Kier molecular flexibility index (Phi) is 6.28. The van der Waals surface area contributed by atoms with E-state index in [1.807, 2.05) is 18.2 Å². The molecule has 1 saturated heterocycles. The van der Waals surface area contributed by atoms with E-state index in [9.17, 15) is 9.59 Å². The van der Waals surface area contributed by atoms with Gasteiger partial charge in [0.25, 0.3) is 5.56 Å². The van der Waals surface area contributed by atoms with Crippen molar-refractivity contribution in [3.8, 4) is 0 Å². The third kappa shape index (κ3) is 4.69. The number of nitrogens with zero attached hydrogens (tertiary/aromatic N) is 2. The molecule has 2 heterocycles. The molecule has 2 aliphatic rings. The molecular formula is C23H33N4O2+. The fourth-order valence-corrected chi connectivity index (χ4v) is 4.89. The van der Waals surface area contributed by atoms with Crippen molar-refractivity contribution in [1.82, 2.24) is 14.9 Å². The van der Waals surface area contributed by atoms with Crippen LogP contribution in [0.1, 0.15) is 57.7 Å². The lowest BCUT2D eigenvalue weighted by Crippen LogP contribution is -3.11. The van der Waals surface area contributed by atoms with Gasteiger partial charge in [0.1, 0.15) is 13.1 Å². The molecule has 6 heteroatoms. The summed E-state index contributed by atoms with van der Waals surface area (Å²) in [5.41, 5.74) is 0.621. The van der Waals surface area contributed by atoms with Crippen molar-refractivity contribution < 1.29 is 9.69 Å². The standard InChI is InChI=1S/C23H32N4O2/c1-17-9-3-5-11-19(17)25-22(28)16-27-21(15-26-13-7-2-8-14-26)24-20-12-6-4-10-18(20)23(27)29/h4,6,10,12,17,19H,2-3,5,7-9,11,13-16H2,1H3,(H,25,28)/p+1/t17-,19+/m0/s1. The number of carbonyl (C=O) groups is 1. The Balaban J connectivity index is 1.60. The molecule has 2 N–H and O–H groups in total. The van der Waals surface area contributed by atoms with Gasteiger partial charge in [-0.3, -0.25) is 14.2 Å². The second-order valence-electron chi connectivity index (χ2n) is 8.86. The van der Waals surface area contributed by atoms with E-state index in [0.29, 0.717) is 17.8 Å². The average molecular weight is 398 g/mol.